The van der Waals surface area contributed by atoms with E-state index in [4.69, 9.17) is 11.6 Å². The van der Waals surface area contributed by atoms with Crippen LogP contribution in [0.25, 0.3) is 10.2 Å². The molecule has 84 valence electrons. The first-order chi connectivity index (χ1) is 7.25. The van der Waals surface area contributed by atoms with Gasteiger partial charge in [0.15, 0.2) is 0 Å². The molecule has 0 spiro atoms. The zero-order valence-corrected chi connectivity index (χ0v) is 11.5. The van der Waals surface area contributed by atoms with Gasteiger partial charge in [0.2, 0.25) is 0 Å². The number of benzene rings is 1. The lowest BCUT2D eigenvalue weighted by molar-refractivity contribution is 1.35. The first kappa shape index (κ1) is 14.4. The molecule has 0 aliphatic heterocycles. The van der Waals surface area contributed by atoms with Gasteiger partial charge < -0.3 is 0 Å². The van der Waals surface area contributed by atoms with Crippen molar-refractivity contribution in [3.8, 4) is 0 Å². The fourth-order valence-electron chi connectivity index (χ4n) is 1.01. The summed E-state index contributed by atoms with van der Waals surface area (Å²) in [6, 6.07) is 5.76. The molecule has 3 heteroatoms. The van der Waals surface area contributed by atoms with Crippen LogP contribution in [-0.2, 0) is 0 Å². The molecule has 2 rings (SSSR count). The van der Waals surface area contributed by atoms with Gasteiger partial charge in [-0.25, -0.2) is 4.98 Å². The minimum atomic E-state index is 0.779. The molecule has 1 heterocycles. The van der Waals surface area contributed by atoms with Gasteiger partial charge in [0.05, 0.1) is 15.2 Å². The van der Waals surface area contributed by atoms with Crippen molar-refractivity contribution in [1.29, 1.82) is 0 Å². The molecule has 0 aliphatic rings. The lowest BCUT2D eigenvalue weighted by Crippen LogP contribution is -1.67. The second-order valence-corrected chi connectivity index (χ2v) is 4.02. The van der Waals surface area contributed by atoms with Gasteiger partial charge in [0, 0.05) is 5.02 Å². The lowest BCUT2D eigenvalue weighted by atomic mass is 10.3. The van der Waals surface area contributed by atoms with E-state index in [1.54, 1.807) is 11.3 Å². The summed E-state index contributed by atoms with van der Waals surface area (Å²) in [6.07, 6.45) is 0. The van der Waals surface area contributed by atoms with Gasteiger partial charge in [-0.3, -0.25) is 0 Å². The van der Waals surface area contributed by atoms with Crippen LogP contribution in [0, 0.1) is 6.92 Å². The van der Waals surface area contributed by atoms with E-state index in [0.717, 1.165) is 20.2 Å². The lowest BCUT2D eigenvalue weighted by Gasteiger charge is -1.86. The predicted molar refractivity (Wildman–Crippen MR) is 72.1 cm³/mol. The largest absolute Gasteiger partial charge is 0.242 e. The molecule has 0 amide bonds. The Bertz CT molecular complexity index is 395. The number of halogens is 1. The molecule has 1 nitrogen and oxygen atoms in total. The first-order valence-corrected chi connectivity index (χ1v) is 6.48. The standard InChI is InChI=1S/C8H6ClNS.2C2H6/c1-5-10-7-3-2-6(9)4-8(7)11-5;2*1-2/h2-4H,1H3;2*1-2H3. The third-order valence-corrected chi connectivity index (χ3v) is 2.63. The van der Waals surface area contributed by atoms with Gasteiger partial charge in [-0.05, 0) is 25.1 Å². The Kier molecular flexibility index (Phi) is 7.35. The SMILES string of the molecule is CC.CC.Cc1nc2ccc(Cl)cc2s1. The maximum absolute atomic E-state index is 5.81. The van der Waals surface area contributed by atoms with Gasteiger partial charge in [-0.1, -0.05) is 39.3 Å². The average molecular weight is 244 g/mol. The van der Waals surface area contributed by atoms with Crippen LogP contribution in [0.4, 0.5) is 0 Å². The van der Waals surface area contributed by atoms with Crippen LogP contribution in [0.1, 0.15) is 32.7 Å². The van der Waals surface area contributed by atoms with Crippen molar-refractivity contribution < 1.29 is 0 Å². The molecule has 1 aromatic heterocycles. The molecule has 0 radical (unpaired) electrons. The maximum Gasteiger partial charge on any atom is 0.0907 e. The molecule has 1 aromatic carbocycles. The zero-order chi connectivity index (χ0) is 11.8. The van der Waals surface area contributed by atoms with Crippen molar-refractivity contribution in [3.05, 3.63) is 28.2 Å². The van der Waals surface area contributed by atoms with Gasteiger partial charge in [0.1, 0.15) is 0 Å². The van der Waals surface area contributed by atoms with E-state index in [9.17, 15) is 0 Å². The summed E-state index contributed by atoms with van der Waals surface area (Å²) in [5.41, 5.74) is 1.04. The zero-order valence-electron chi connectivity index (χ0n) is 9.97. The molecule has 0 fully saturated rings. The molecule has 0 saturated carbocycles. The highest BCUT2D eigenvalue weighted by Gasteiger charge is 1.98. The highest BCUT2D eigenvalue weighted by atomic mass is 35.5. The highest BCUT2D eigenvalue weighted by molar-refractivity contribution is 7.18. The molecule has 0 atom stereocenters. The quantitative estimate of drug-likeness (QED) is 0.611. The predicted octanol–water partition coefficient (Wildman–Crippen LogP) is 5.31. The maximum atomic E-state index is 5.81. The third kappa shape index (κ3) is 4.18. The molecule has 0 bridgehead atoms. The Morgan fingerprint density at radius 3 is 2.33 bits per heavy atom. The van der Waals surface area contributed by atoms with Crippen LogP contribution < -0.4 is 0 Å². The molecule has 0 unspecified atom stereocenters. The molecule has 0 N–H and O–H groups in total. The molecule has 2 aromatic rings. The molecule has 0 saturated heterocycles. The number of hydrogen-bond acceptors (Lipinski definition) is 2. The number of hydrogen-bond donors (Lipinski definition) is 0. The Labute approximate surface area is 101 Å². The van der Waals surface area contributed by atoms with Crippen LogP contribution in [0.5, 0.6) is 0 Å². The summed E-state index contributed by atoms with van der Waals surface area (Å²) in [4.78, 5) is 4.31. The number of rotatable bonds is 0. The second kappa shape index (κ2) is 7.66. The number of aryl methyl sites for hydroxylation is 1. The Hall–Kier alpha value is -0.600. The van der Waals surface area contributed by atoms with Crippen LogP contribution in [0.2, 0.25) is 5.02 Å². The minimum Gasteiger partial charge on any atom is -0.242 e. The Morgan fingerprint density at radius 2 is 1.73 bits per heavy atom. The Morgan fingerprint density at radius 1 is 1.13 bits per heavy atom. The van der Waals surface area contributed by atoms with Crippen molar-refractivity contribution in [2.45, 2.75) is 34.6 Å². The Balaban J connectivity index is 0.000000442. The van der Waals surface area contributed by atoms with Gasteiger partial charge in [-0.15, -0.1) is 11.3 Å². The summed E-state index contributed by atoms with van der Waals surface area (Å²) in [5.74, 6) is 0. The van der Waals surface area contributed by atoms with Crippen LogP contribution in [-0.4, -0.2) is 4.98 Å². The fourth-order valence-corrected chi connectivity index (χ4v) is 2.12. The second-order valence-electron chi connectivity index (χ2n) is 2.34. The number of aromatic nitrogens is 1. The van der Waals surface area contributed by atoms with Crippen LogP contribution >= 0.6 is 22.9 Å². The monoisotopic (exact) mass is 243 g/mol. The number of nitrogens with zero attached hydrogens (tertiary/aromatic N) is 1. The van der Waals surface area contributed by atoms with E-state index < -0.39 is 0 Å². The van der Waals surface area contributed by atoms with Gasteiger partial charge in [-0.2, -0.15) is 0 Å². The minimum absolute atomic E-state index is 0.779. The number of fused-ring (bicyclic) bond motifs is 1. The van der Waals surface area contributed by atoms with E-state index in [1.165, 1.54) is 0 Å². The fraction of sp³-hybridized carbons (Fsp3) is 0.417. The van der Waals surface area contributed by atoms with Crippen molar-refractivity contribution >= 4 is 33.2 Å². The van der Waals surface area contributed by atoms with Crippen molar-refractivity contribution in [2.75, 3.05) is 0 Å². The third-order valence-electron chi connectivity index (χ3n) is 1.46. The molecular formula is C12H18ClNS. The van der Waals surface area contributed by atoms with Crippen molar-refractivity contribution in [2.24, 2.45) is 0 Å². The van der Waals surface area contributed by atoms with Gasteiger partial charge in [0.25, 0.3) is 0 Å². The van der Waals surface area contributed by atoms with Gasteiger partial charge >= 0.3 is 0 Å². The average Bonchev–Trinajstić information content (AvgIpc) is 2.63. The highest BCUT2D eigenvalue weighted by Crippen LogP contribution is 2.24. The van der Waals surface area contributed by atoms with E-state index in [1.807, 2.05) is 52.8 Å². The number of thiazole rings is 1. The van der Waals surface area contributed by atoms with Crippen LogP contribution in [0.3, 0.4) is 0 Å². The molecular weight excluding hydrogens is 226 g/mol. The molecule has 0 aliphatic carbocycles. The summed E-state index contributed by atoms with van der Waals surface area (Å²) in [5, 5.41) is 1.86. The van der Waals surface area contributed by atoms with E-state index in [0.29, 0.717) is 0 Å². The van der Waals surface area contributed by atoms with Crippen molar-refractivity contribution in [3.63, 3.8) is 0 Å². The topological polar surface area (TPSA) is 12.9 Å². The van der Waals surface area contributed by atoms with Crippen molar-refractivity contribution in [1.82, 2.24) is 4.98 Å². The summed E-state index contributed by atoms with van der Waals surface area (Å²) < 4.78 is 1.16. The summed E-state index contributed by atoms with van der Waals surface area (Å²) >= 11 is 7.48. The summed E-state index contributed by atoms with van der Waals surface area (Å²) in [6.45, 7) is 10.00. The van der Waals surface area contributed by atoms with E-state index in [-0.39, 0.29) is 0 Å². The van der Waals surface area contributed by atoms with Crippen LogP contribution in [0.15, 0.2) is 18.2 Å². The van der Waals surface area contributed by atoms with E-state index >= 15 is 0 Å². The first-order valence-electron chi connectivity index (χ1n) is 5.28. The summed E-state index contributed by atoms with van der Waals surface area (Å²) in [7, 11) is 0. The normalized spacial score (nSPS) is 8.67. The molecule has 15 heavy (non-hydrogen) atoms. The van der Waals surface area contributed by atoms with E-state index in [2.05, 4.69) is 4.98 Å². The smallest absolute Gasteiger partial charge is 0.0907 e.